The monoisotopic (exact) mass is 303 g/mol. The van der Waals surface area contributed by atoms with Gasteiger partial charge < -0.3 is 0 Å². The zero-order valence-corrected chi connectivity index (χ0v) is 13.9. The van der Waals surface area contributed by atoms with E-state index in [1.54, 1.807) is 36.6 Å². The van der Waals surface area contributed by atoms with E-state index in [0.717, 1.165) is 22.4 Å². The standard InChI is InChI=1S/C22H25N/c1-7-11-15-21(13-9-3)19(5)16-17-22(14-10-4)20(6)23-18-12-8-2/h7-18H,1-5H2,6H3/b15-11-,17-16-,18-12-,21-13+,22-14?,23-20+. The molecule has 118 valence electrons. The number of rotatable bonds is 10. The highest BCUT2D eigenvalue weighted by molar-refractivity contribution is 6.01. The number of hydrogen-bond acceptors (Lipinski definition) is 1. The molecule has 0 amide bonds. The van der Waals surface area contributed by atoms with Crippen LogP contribution in [0.15, 0.2) is 128 Å². The number of aliphatic imine (C=N–C) groups is 1. The van der Waals surface area contributed by atoms with Gasteiger partial charge in [0.1, 0.15) is 0 Å². The van der Waals surface area contributed by atoms with Gasteiger partial charge in [-0.15, -0.1) is 0 Å². The Kier molecular flexibility index (Phi) is 11.2. The molecule has 0 N–H and O–H groups in total. The summed E-state index contributed by atoms with van der Waals surface area (Å²) in [6.07, 6.45) is 21.9. The zero-order valence-electron chi connectivity index (χ0n) is 13.9. The van der Waals surface area contributed by atoms with E-state index in [9.17, 15) is 0 Å². The van der Waals surface area contributed by atoms with Gasteiger partial charge in [-0.1, -0.05) is 93.7 Å². The molecular formula is C22H25N. The molecule has 23 heavy (non-hydrogen) atoms. The molecule has 0 aliphatic carbocycles. The summed E-state index contributed by atoms with van der Waals surface area (Å²) in [6.45, 7) is 20.8. The maximum absolute atomic E-state index is 4.35. The van der Waals surface area contributed by atoms with Crippen LogP contribution >= 0.6 is 0 Å². The second kappa shape index (κ2) is 12.8. The molecule has 0 rings (SSSR count). The fraction of sp³-hybridized carbons (Fsp3) is 0.0455. The highest BCUT2D eigenvalue weighted by Gasteiger charge is 1.98. The Balaban J connectivity index is 5.39. The molecule has 0 saturated heterocycles. The molecule has 0 aromatic rings. The molecule has 0 aliphatic rings. The Labute approximate surface area is 140 Å². The van der Waals surface area contributed by atoms with Crippen LogP contribution < -0.4 is 0 Å². The van der Waals surface area contributed by atoms with Crippen molar-refractivity contribution in [2.45, 2.75) is 6.92 Å². The lowest BCUT2D eigenvalue weighted by Gasteiger charge is -2.03. The summed E-state index contributed by atoms with van der Waals surface area (Å²) in [4.78, 5) is 4.35. The van der Waals surface area contributed by atoms with Crippen molar-refractivity contribution in [3.8, 4) is 0 Å². The van der Waals surface area contributed by atoms with Crippen LogP contribution in [0.2, 0.25) is 0 Å². The largest absolute Gasteiger partial charge is 0.261 e. The van der Waals surface area contributed by atoms with Gasteiger partial charge in [0.25, 0.3) is 0 Å². The third-order valence-corrected chi connectivity index (χ3v) is 2.75. The maximum atomic E-state index is 4.35. The minimum Gasteiger partial charge on any atom is -0.261 e. The first kappa shape index (κ1) is 20.1. The van der Waals surface area contributed by atoms with E-state index >= 15 is 0 Å². The van der Waals surface area contributed by atoms with Crippen LogP contribution in [0.5, 0.6) is 0 Å². The highest BCUT2D eigenvalue weighted by atomic mass is 14.7. The van der Waals surface area contributed by atoms with Crippen molar-refractivity contribution in [3.05, 3.63) is 123 Å². The molecule has 0 radical (unpaired) electrons. The third-order valence-electron chi connectivity index (χ3n) is 2.75. The lowest BCUT2D eigenvalue weighted by Crippen LogP contribution is -1.94. The second-order valence-corrected chi connectivity index (χ2v) is 4.46. The predicted octanol–water partition coefficient (Wildman–Crippen LogP) is 6.23. The normalized spacial score (nSPS) is 13.7. The zero-order chi connectivity index (χ0) is 17.5. The van der Waals surface area contributed by atoms with Crippen molar-refractivity contribution in [2.24, 2.45) is 4.99 Å². The quantitative estimate of drug-likeness (QED) is 0.335. The summed E-state index contributed by atoms with van der Waals surface area (Å²) < 4.78 is 0. The van der Waals surface area contributed by atoms with E-state index in [1.807, 2.05) is 43.4 Å². The van der Waals surface area contributed by atoms with Crippen LogP contribution in [0, 0.1) is 0 Å². The van der Waals surface area contributed by atoms with Crippen LogP contribution in [0.1, 0.15) is 6.92 Å². The van der Waals surface area contributed by atoms with Crippen molar-refractivity contribution in [3.63, 3.8) is 0 Å². The lowest BCUT2D eigenvalue weighted by molar-refractivity contribution is 1.50. The number of hydrogen-bond donors (Lipinski definition) is 0. The van der Waals surface area contributed by atoms with Gasteiger partial charge in [0, 0.05) is 11.9 Å². The fourth-order valence-electron chi connectivity index (χ4n) is 1.57. The smallest absolute Gasteiger partial charge is 0.0444 e. The Morgan fingerprint density at radius 1 is 0.739 bits per heavy atom. The predicted molar refractivity (Wildman–Crippen MR) is 107 cm³/mol. The number of allylic oxidation sites excluding steroid dienone is 14. The van der Waals surface area contributed by atoms with Crippen LogP contribution in [-0.2, 0) is 0 Å². The Bertz CT molecular complexity index is 629. The molecule has 1 heteroatoms. The van der Waals surface area contributed by atoms with Gasteiger partial charge in [0.15, 0.2) is 0 Å². The summed E-state index contributed by atoms with van der Waals surface area (Å²) >= 11 is 0. The summed E-state index contributed by atoms with van der Waals surface area (Å²) in [5.41, 5.74) is 3.67. The highest BCUT2D eigenvalue weighted by Crippen LogP contribution is 2.14. The second-order valence-electron chi connectivity index (χ2n) is 4.46. The Hall–Kier alpha value is -2.93. The fourth-order valence-corrected chi connectivity index (χ4v) is 1.57. The molecule has 0 fully saturated rings. The Morgan fingerprint density at radius 2 is 1.35 bits per heavy atom. The summed E-state index contributed by atoms with van der Waals surface area (Å²) in [5.74, 6) is 0. The molecule has 0 spiro atoms. The summed E-state index contributed by atoms with van der Waals surface area (Å²) in [6, 6.07) is 0. The third kappa shape index (κ3) is 8.84. The van der Waals surface area contributed by atoms with Crippen molar-refractivity contribution in [1.82, 2.24) is 0 Å². The molecule has 0 bridgehead atoms. The molecule has 0 aliphatic heterocycles. The SMILES string of the molecule is C=CC=C(/C=C\C(=C)C(/C=C\C=C)=C/C=C)/C(C)=N/C=C\C=C. The summed E-state index contributed by atoms with van der Waals surface area (Å²) in [5, 5.41) is 0. The average Bonchev–Trinajstić information content (AvgIpc) is 2.55. The van der Waals surface area contributed by atoms with Gasteiger partial charge in [-0.2, -0.15) is 0 Å². The van der Waals surface area contributed by atoms with Gasteiger partial charge in [-0.05, 0) is 29.7 Å². The van der Waals surface area contributed by atoms with Crippen LogP contribution in [0.3, 0.4) is 0 Å². The Morgan fingerprint density at radius 3 is 1.91 bits per heavy atom. The van der Waals surface area contributed by atoms with E-state index < -0.39 is 0 Å². The average molecular weight is 303 g/mol. The van der Waals surface area contributed by atoms with E-state index in [4.69, 9.17) is 0 Å². The van der Waals surface area contributed by atoms with E-state index in [-0.39, 0.29) is 0 Å². The molecular weight excluding hydrogens is 278 g/mol. The molecule has 1 nitrogen and oxygen atoms in total. The van der Waals surface area contributed by atoms with Crippen molar-refractivity contribution < 1.29 is 0 Å². The van der Waals surface area contributed by atoms with Gasteiger partial charge in [0.05, 0.1) is 0 Å². The van der Waals surface area contributed by atoms with Crippen LogP contribution in [0.4, 0.5) is 0 Å². The minimum atomic E-state index is 0.868. The van der Waals surface area contributed by atoms with Gasteiger partial charge >= 0.3 is 0 Å². The topological polar surface area (TPSA) is 12.4 Å². The molecule has 0 atom stereocenters. The first-order valence-corrected chi connectivity index (χ1v) is 7.25. The van der Waals surface area contributed by atoms with E-state index in [0.29, 0.717) is 0 Å². The van der Waals surface area contributed by atoms with Gasteiger partial charge in [-0.25, -0.2) is 0 Å². The molecule has 0 unspecified atom stereocenters. The molecule has 0 aromatic heterocycles. The molecule has 0 saturated carbocycles. The van der Waals surface area contributed by atoms with Crippen LogP contribution in [0.25, 0.3) is 0 Å². The lowest BCUT2D eigenvalue weighted by atomic mass is 10.0. The number of nitrogens with zero attached hydrogens (tertiary/aromatic N) is 1. The summed E-state index contributed by atoms with van der Waals surface area (Å²) in [7, 11) is 0. The van der Waals surface area contributed by atoms with Crippen molar-refractivity contribution in [1.29, 1.82) is 0 Å². The molecule has 0 aromatic carbocycles. The van der Waals surface area contributed by atoms with Gasteiger partial charge in [-0.3, -0.25) is 4.99 Å². The van der Waals surface area contributed by atoms with E-state index in [2.05, 4.69) is 37.9 Å². The first-order valence-electron chi connectivity index (χ1n) is 7.25. The van der Waals surface area contributed by atoms with E-state index in [1.165, 1.54) is 0 Å². The minimum absolute atomic E-state index is 0.868. The molecule has 0 heterocycles. The van der Waals surface area contributed by atoms with Crippen molar-refractivity contribution in [2.75, 3.05) is 0 Å². The van der Waals surface area contributed by atoms with Gasteiger partial charge in [0.2, 0.25) is 0 Å². The maximum Gasteiger partial charge on any atom is 0.0444 e. The first-order chi connectivity index (χ1) is 11.1. The van der Waals surface area contributed by atoms with Crippen molar-refractivity contribution >= 4 is 5.71 Å². The van der Waals surface area contributed by atoms with Crippen LogP contribution in [-0.4, -0.2) is 5.71 Å².